The fraction of sp³-hybridized carbons (Fsp3) is 0.167. The molecule has 0 saturated heterocycles. The SMILES string of the molecule is O=C1OC(=O)C2=C1c1cn(c3ccccc13)CCOCCn1cc2c2ccccc21. The second-order valence-electron chi connectivity index (χ2n) is 7.55. The molecule has 0 radical (unpaired) electrons. The minimum Gasteiger partial charge on any atom is -0.386 e. The number of esters is 2. The van der Waals surface area contributed by atoms with E-state index in [2.05, 4.69) is 9.13 Å². The summed E-state index contributed by atoms with van der Waals surface area (Å²) in [5.41, 5.74) is 4.08. The van der Waals surface area contributed by atoms with Gasteiger partial charge in [0, 0.05) is 58.4 Å². The number of benzene rings is 2. The molecule has 6 rings (SSSR count). The summed E-state index contributed by atoms with van der Waals surface area (Å²) in [4.78, 5) is 25.7. The molecule has 4 heterocycles. The Hall–Kier alpha value is -3.64. The van der Waals surface area contributed by atoms with Crippen molar-refractivity contribution in [3.8, 4) is 0 Å². The van der Waals surface area contributed by atoms with E-state index in [1.54, 1.807) is 0 Å². The molecule has 148 valence electrons. The standard InChI is InChI=1S/C24H18N2O4/c27-23-21-17-13-25(19-7-3-1-5-15(17)19)9-11-29-12-10-26-14-18(22(21)24(28)30-23)16-6-2-4-8-20(16)26/h1-8,13-14H,9-12H2. The number of nitrogens with zero attached hydrogens (tertiary/aromatic N) is 2. The average Bonchev–Trinajstić information content (AvgIpc) is 3.39. The normalized spacial score (nSPS) is 16.9. The monoisotopic (exact) mass is 398 g/mol. The summed E-state index contributed by atoms with van der Waals surface area (Å²) in [5, 5.41) is 1.83. The molecular formula is C24H18N2O4. The van der Waals surface area contributed by atoms with E-state index in [0.717, 1.165) is 21.8 Å². The van der Waals surface area contributed by atoms with Crippen LogP contribution in [0.5, 0.6) is 0 Å². The zero-order valence-electron chi connectivity index (χ0n) is 16.1. The number of aromatic nitrogens is 2. The fourth-order valence-corrected chi connectivity index (χ4v) is 4.57. The fourth-order valence-electron chi connectivity index (χ4n) is 4.57. The van der Waals surface area contributed by atoms with E-state index in [-0.39, 0.29) is 0 Å². The maximum atomic E-state index is 12.9. The van der Waals surface area contributed by atoms with Crippen LogP contribution < -0.4 is 0 Å². The van der Waals surface area contributed by atoms with Gasteiger partial charge in [0.25, 0.3) is 0 Å². The molecule has 0 amide bonds. The molecule has 6 heteroatoms. The maximum Gasteiger partial charge on any atom is 0.347 e. The molecule has 0 N–H and O–H groups in total. The molecule has 2 aliphatic heterocycles. The van der Waals surface area contributed by atoms with Gasteiger partial charge in [-0.25, -0.2) is 9.59 Å². The van der Waals surface area contributed by atoms with Gasteiger partial charge in [0.15, 0.2) is 0 Å². The Morgan fingerprint density at radius 1 is 0.667 bits per heavy atom. The van der Waals surface area contributed by atoms with Gasteiger partial charge in [-0.2, -0.15) is 0 Å². The van der Waals surface area contributed by atoms with E-state index in [0.29, 0.717) is 48.6 Å². The van der Waals surface area contributed by atoms with Crippen LogP contribution in [0.25, 0.3) is 33.0 Å². The van der Waals surface area contributed by atoms with Crippen LogP contribution in [0.1, 0.15) is 11.1 Å². The Morgan fingerprint density at radius 2 is 1.13 bits per heavy atom. The molecule has 0 fully saturated rings. The molecular weight excluding hydrogens is 380 g/mol. The number of hydrogen-bond donors (Lipinski definition) is 0. The lowest BCUT2D eigenvalue weighted by atomic mass is 9.95. The predicted octanol–water partition coefficient (Wildman–Crippen LogP) is 3.62. The van der Waals surface area contributed by atoms with Crippen LogP contribution in [0.2, 0.25) is 0 Å². The van der Waals surface area contributed by atoms with Gasteiger partial charge in [-0.1, -0.05) is 36.4 Å². The molecule has 0 aliphatic carbocycles. The number of carbonyl (C=O) groups excluding carboxylic acids is 2. The van der Waals surface area contributed by atoms with Crippen LogP contribution >= 0.6 is 0 Å². The highest BCUT2D eigenvalue weighted by Gasteiger charge is 2.37. The molecule has 0 spiro atoms. The molecule has 2 aromatic carbocycles. The third-order valence-corrected chi connectivity index (χ3v) is 5.91. The van der Waals surface area contributed by atoms with Crippen molar-refractivity contribution in [2.75, 3.05) is 13.2 Å². The Labute approximate surface area is 171 Å². The first kappa shape index (κ1) is 17.2. The zero-order valence-corrected chi connectivity index (χ0v) is 16.1. The lowest BCUT2D eigenvalue weighted by Crippen LogP contribution is -2.10. The van der Waals surface area contributed by atoms with Crippen molar-refractivity contribution in [2.45, 2.75) is 13.1 Å². The van der Waals surface area contributed by atoms with Crippen LogP contribution in [0, 0.1) is 0 Å². The quantitative estimate of drug-likeness (QED) is 0.335. The minimum absolute atomic E-state index is 0.331. The first-order valence-electron chi connectivity index (χ1n) is 9.97. The topological polar surface area (TPSA) is 62.5 Å². The van der Waals surface area contributed by atoms with Gasteiger partial charge in [-0.15, -0.1) is 0 Å². The Morgan fingerprint density at radius 3 is 1.63 bits per heavy atom. The largest absolute Gasteiger partial charge is 0.386 e. The van der Waals surface area contributed by atoms with Crippen molar-refractivity contribution >= 4 is 44.9 Å². The van der Waals surface area contributed by atoms with Gasteiger partial charge in [-0.3, -0.25) is 0 Å². The van der Waals surface area contributed by atoms with E-state index in [1.807, 2.05) is 60.9 Å². The molecule has 6 nitrogen and oxygen atoms in total. The second-order valence-corrected chi connectivity index (χ2v) is 7.55. The molecule has 0 unspecified atom stereocenters. The van der Waals surface area contributed by atoms with Crippen LogP contribution in [0.15, 0.2) is 60.9 Å². The minimum atomic E-state index is -0.596. The third-order valence-electron chi connectivity index (χ3n) is 5.91. The van der Waals surface area contributed by atoms with Gasteiger partial charge in [0.2, 0.25) is 0 Å². The highest BCUT2D eigenvalue weighted by Crippen LogP contribution is 2.40. The van der Waals surface area contributed by atoms with E-state index >= 15 is 0 Å². The van der Waals surface area contributed by atoms with Gasteiger partial charge >= 0.3 is 11.9 Å². The molecule has 2 aliphatic rings. The number of rotatable bonds is 0. The first-order chi connectivity index (χ1) is 14.7. The van der Waals surface area contributed by atoms with Gasteiger partial charge in [-0.05, 0) is 12.1 Å². The van der Waals surface area contributed by atoms with Crippen LogP contribution in [-0.4, -0.2) is 34.3 Å². The molecule has 0 atom stereocenters. The lowest BCUT2D eigenvalue weighted by molar-refractivity contribution is -0.149. The Kier molecular flexibility index (Phi) is 3.70. The Balaban J connectivity index is 1.73. The molecule has 4 bridgehead atoms. The van der Waals surface area contributed by atoms with E-state index in [1.165, 1.54) is 0 Å². The van der Waals surface area contributed by atoms with Crippen molar-refractivity contribution in [1.82, 2.24) is 9.13 Å². The lowest BCUT2D eigenvalue weighted by Gasteiger charge is -2.08. The number of fused-ring (bicyclic) bond motifs is 12. The summed E-state index contributed by atoms with van der Waals surface area (Å²) < 4.78 is 15.2. The summed E-state index contributed by atoms with van der Waals surface area (Å²) in [7, 11) is 0. The van der Waals surface area contributed by atoms with E-state index < -0.39 is 11.9 Å². The first-order valence-corrected chi connectivity index (χ1v) is 9.97. The number of para-hydroxylation sites is 2. The van der Waals surface area contributed by atoms with Crippen LogP contribution in [0.4, 0.5) is 0 Å². The summed E-state index contributed by atoms with van der Waals surface area (Å²) >= 11 is 0. The van der Waals surface area contributed by atoms with Crippen molar-refractivity contribution in [2.24, 2.45) is 0 Å². The molecule has 0 saturated carbocycles. The van der Waals surface area contributed by atoms with Gasteiger partial charge in [0.1, 0.15) is 0 Å². The van der Waals surface area contributed by atoms with Crippen LogP contribution in [0.3, 0.4) is 0 Å². The number of cyclic esters (lactones) is 2. The summed E-state index contributed by atoms with van der Waals surface area (Å²) in [6.45, 7) is 2.42. The highest BCUT2D eigenvalue weighted by molar-refractivity contribution is 6.46. The number of carbonyl (C=O) groups is 2. The van der Waals surface area contributed by atoms with Crippen molar-refractivity contribution < 1.29 is 19.1 Å². The molecule has 2 aromatic heterocycles. The zero-order chi connectivity index (χ0) is 20.2. The average molecular weight is 398 g/mol. The Bertz CT molecular complexity index is 1280. The molecule has 4 aromatic rings. The van der Waals surface area contributed by atoms with Crippen molar-refractivity contribution in [3.63, 3.8) is 0 Å². The number of hydrogen-bond acceptors (Lipinski definition) is 4. The summed E-state index contributed by atoms with van der Waals surface area (Å²) in [6, 6.07) is 15.8. The van der Waals surface area contributed by atoms with Crippen molar-refractivity contribution in [3.05, 3.63) is 72.1 Å². The van der Waals surface area contributed by atoms with Crippen LogP contribution in [-0.2, 0) is 32.2 Å². The highest BCUT2D eigenvalue weighted by atomic mass is 16.6. The second kappa shape index (κ2) is 6.43. The third kappa shape index (κ3) is 2.40. The maximum absolute atomic E-state index is 12.9. The number of ether oxygens (including phenoxy) is 2. The van der Waals surface area contributed by atoms with E-state index in [4.69, 9.17) is 9.47 Å². The molecule has 30 heavy (non-hydrogen) atoms. The summed E-state index contributed by atoms with van der Waals surface area (Å²) in [5.74, 6) is -1.19. The van der Waals surface area contributed by atoms with Crippen molar-refractivity contribution in [1.29, 1.82) is 0 Å². The van der Waals surface area contributed by atoms with Gasteiger partial charge < -0.3 is 18.6 Å². The predicted molar refractivity (Wildman–Crippen MR) is 113 cm³/mol. The summed E-state index contributed by atoms with van der Waals surface area (Å²) in [6.07, 6.45) is 3.86. The van der Waals surface area contributed by atoms with Gasteiger partial charge in [0.05, 0.1) is 24.4 Å². The van der Waals surface area contributed by atoms with E-state index in [9.17, 15) is 9.59 Å². The smallest absolute Gasteiger partial charge is 0.347 e.